The molecule has 1 nitrogen and oxygen atoms in total. The summed E-state index contributed by atoms with van der Waals surface area (Å²) >= 11 is 11.3. The summed E-state index contributed by atoms with van der Waals surface area (Å²) in [6.45, 7) is 0. The van der Waals surface area contributed by atoms with Crippen LogP contribution in [0.15, 0.2) is 26.9 Å². The number of nitrogens with zero attached hydrogens (tertiary/aromatic N) is 1. The van der Waals surface area contributed by atoms with Crippen LogP contribution < -0.4 is 0 Å². The van der Waals surface area contributed by atoms with Gasteiger partial charge in [-0.25, -0.2) is 0 Å². The number of hydrogen-bond acceptors (Lipinski definition) is 1. The maximum atomic E-state index is 5.90. The Labute approximate surface area is 92.1 Å². The number of hydrogen-bond donors (Lipinski definition) is 0. The fourth-order valence-electron chi connectivity index (χ4n) is 0.589. The molecule has 4 heteroatoms. The summed E-state index contributed by atoms with van der Waals surface area (Å²) in [5, 5.41) is 0.645. The maximum absolute atomic E-state index is 5.90. The van der Waals surface area contributed by atoms with Crippen molar-refractivity contribution in [2.45, 2.75) is 0 Å². The fourth-order valence-corrected chi connectivity index (χ4v) is 1.18. The third-order valence-electron chi connectivity index (χ3n) is 1.06. The highest BCUT2D eigenvalue weighted by molar-refractivity contribution is 14.1. The molecule has 0 N–H and O–H groups in total. The molecular formula is C7H4BrClIN. The van der Waals surface area contributed by atoms with Crippen LogP contribution in [0, 0.1) is 0 Å². The molecule has 0 saturated carbocycles. The Hall–Kier alpha value is 0.390. The first-order chi connectivity index (χ1) is 5.22. The van der Waals surface area contributed by atoms with Crippen LogP contribution in [0.1, 0.15) is 5.69 Å². The van der Waals surface area contributed by atoms with E-state index in [4.69, 9.17) is 11.6 Å². The summed E-state index contributed by atoms with van der Waals surface area (Å²) in [5.74, 6) is 0. The molecule has 0 aliphatic rings. The molecular weight excluding hydrogens is 340 g/mol. The van der Waals surface area contributed by atoms with Crippen molar-refractivity contribution in [3.05, 3.63) is 32.6 Å². The minimum atomic E-state index is 0.645. The van der Waals surface area contributed by atoms with Gasteiger partial charge in [0.1, 0.15) is 0 Å². The lowest BCUT2D eigenvalue weighted by Gasteiger charge is -1.96. The molecule has 1 heterocycles. The first-order valence-electron chi connectivity index (χ1n) is 2.84. The molecule has 0 radical (unpaired) electrons. The molecule has 1 aromatic heterocycles. The molecule has 0 amide bonds. The SMILES string of the molecule is ClC(=C(Br)I)c1ccccn1. The summed E-state index contributed by atoms with van der Waals surface area (Å²) < 4.78 is 0.871. The third-order valence-corrected chi connectivity index (χ3v) is 2.92. The standard InChI is InChI=1S/C7H4BrClIN/c8-7(10)6(9)5-3-1-2-4-11-5/h1-4H. The van der Waals surface area contributed by atoms with Gasteiger partial charge in [-0.05, 0) is 50.7 Å². The van der Waals surface area contributed by atoms with E-state index in [9.17, 15) is 0 Å². The molecule has 0 aromatic carbocycles. The Morgan fingerprint density at radius 3 is 2.73 bits per heavy atom. The zero-order chi connectivity index (χ0) is 8.27. The predicted octanol–water partition coefficient (Wildman–Crippen LogP) is 3.78. The van der Waals surface area contributed by atoms with Crippen LogP contribution in [0.4, 0.5) is 0 Å². The summed E-state index contributed by atoms with van der Waals surface area (Å²) in [5.41, 5.74) is 0.787. The van der Waals surface area contributed by atoms with Gasteiger partial charge in [-0.2, -0.15) is 0 Å². The molecule has 1 rings (SSSR count). The molecule has 0 aliphatic heterocycles. The van der Waals surface area contributed by atoms with Crippen LogP contribution in [-0.2, 0) is 0 Å². The van der Waals surface area contributed by atoms with Gasteiger partial charge < -0.3 is 0 Å². The highest BCUT2D eigenvalue weighted by Crippen LogP contribution is 2.29. The number of rotatable bonds is 1. The zero-order valence-electron chi connectivity index (χ0n) is 5.39. The molecule has 0 aliphatic carbocycles. The van der Waals surface area contributed by atoms with E-state index < -0.39 is 0 Å². The Bertz CT molecular complexity index is 269. The van der Waals surface area contributed by atoms with E-state index in [1.54, 1.807) is 6.20 Å². The van der Waals surface area contributed by atoms with Crippen molar-refractivity contribution in [1.29, 1.82) is 0 Å². The van der Waals surface area contributed by atoms with Gasteiger partial charge in [-0.1, -0.05) is 17.7 Å². The van der Waals surface area contributed by atoms with Gasteiger partial charge in [-0.15, -0.1) is 0 Å². The van der Waals surface area contributed by atoms with E-state index in [-0.39, 0.29) is 0 Å². The summed E-state index contributed by atoms with van der Waals surface area (Å²) in [6.07, 6.45) is 1.71. The van der Waals surface area contributed by atoms with E-state index in [1.807, 2.05) is 18.2 Å². The second-order valence-corrected chi connectivity index (χ2v) is 5.52. The van der Waals surface area contributed by atoms with Crippen molar-refractivity contribution in [3.63, 3.8) is 0 Å². The van der Waals surface area contributed by atoms with Crippen molar-refractivity contribution >= 4 is 55.2 Å². The zero-order valence-corrected chi connectivity index (χ0v) is 9.89. The van der Waals surface area contributed by atoms with Crippen LogP contribution in [0.25, 0.3) is 5.03 Å². The monoisotopic (exact) mass is 343 g/mol. The molecule has 0 bridgehead atoms. The van der Waals surface area contributed by atoms with Crippen LogP contribution in [0.5, 0.6) is 0 Å². The van der Waals surface area contributed by atoms with Crippen LogP contribution in [-0.4, -0.2) is 4.98 Å². The highest BCUT2D eigenvalue weighted by Gasteiger charge is 2.01. The van der Waals surface area contributed by atoms with Crippen molar-refractivity contribution in [2.24, 2.45) is 0 Å². The molecule has 58 valence electrons. The molecule has 0 unspecified atom stereocenters. The van der Waals surface area contributed by atoms with Gasteiger partial charge in [-0.3, -0.25) is 4.98 Å². The van der Waals surface area contributed by atoms with Crippen molar-refractivity contribution in [2.75, 3.05) is 0 Å². The summed E-state index contributed by atoms with van der Waals surface area (Å²) in [7, 11) is 0. The van der Waals surface area contributed by atoms with E-state index >= 15 is 0 Å². The lowest BCUT2D eigenvalue weighted by atomic mass is 10.3. The quantitative estimate of drug-likeness (QED) is 0.707. The Morgan fingerprint density at radius 2 is 2.27 bits per heavy atom. The summed E-state index contributed by atoms with van der Waals surface area (Å²) in [6, 6.07) is 5.62. The van der Waals surface area contributed by atoms with E-state index in [0.717, 1.165) is 8.18 Å². The predicted molar refractivity (Wildman–Crippen MR) is 60.0 cm³/mol. The number of halogens is 3. The van der Waals surface area contributed by atoms with E-state index in [0.29, 0.717) is 5.03 Å². The normalized spacial score (nSPS) is 12.6. The number of aromatic nitrogens is 1. The van der Waals surface area contributed by atoms with Crippen molar-refractivity contribution in [1.82, 2.24) is 4.98 Å². The molecule has 11 heavy (non-hydrogen) atoms. The Kier molecular flexibility index (Phi) is 3.81. The Morgan fingerprint density at radius 1 is 1.55 bits per heavy atom. The smallest absolute Gasteiger partial charge is 0.0866 e. The Balaban J connectivity index is 3.04. The van der Waals surface area contributed by atoms with Crippen LogP contribution in [0.2, 0.25) is 0 Å². The average molecular weight is 344 g/mol. The molecule has 0 saturated heterocycles. The topological polar surface area (TPSA) is 12.9 Å². The molecule has 1 aromatic rings. The van der Waals surface area contributed by atoms with Crippen molar-refractivity contribution in [3.8, 4) is 0 Å². The second kappa shape index (κ2) is 4.42. The summed E-state index contributed by atoms with van der Waals surface area (Å²) in [4.78, 5) is 4.08. The molecule has 0 spiro atoms. The maximum Gasteiger partial charge on any atom is 0.0866 e. The lowest BCUT2D eigenvalue weighted by molar-refractivity contribution is 1.29. The van der Waals surface area contributed by atoms with E-state index in [2.05, 4.69) is 43.5 Å². The minimum Gasteiger partial charge on any atom is -0.255 e. The second-order valence-electron chi connectivity index (χ2n) is 1.79. The van der Waals surface area contributed by atoms with E-state index in [1.165, 1.54) is 0 Å². The lowest BCUT2D eigenvalue weighted by Crippen LogP contribution is -1.80. The van der Waals surface area contributed by atoms with Crippen LogP contribution in [0.3, 0.4) is 0 Å². The van der Waals surface area contributed by atoms with Crippen LogP contribution >= 0.6 is 50.1 Å². The van der Waals surface area contributed by atoms with Crippen molar-refractivity contribution < 1.29 is 0 Å². The third kappa shape index (κ3) is 2.72. The van der Waals surface area contributed by atoms with Gasteiger partial charge >= 0.3 is 0 Å². The van der Waals surface area contributed by atoms with Gasteiger partial charge in [0.15, 0.2) is 0 Å². The average Bonchev–Trinajstić information content (AvgIpc) is 2.05. The fraction of sp³-hybridized carbons (Fsp3) is 0. The number of pyridine rings is 1. The van der Waals surface area contributed by atoms with Gasteiger partial charge in [0.05, 0.1) is 13.2 Å². The molecule has 0 fully saturated rings. The molecule has 0 atom stereocenters. The van der Waals surface area contributed by atoms with Gasteiger partial charge in [0.2, 0.25) is 0 Å². The van der Waals surface area contributed by atoms with Gasteiger partial charge in [0.25, 0.3) is 0 Å². The highest BCUT2D eigenvalue weighted by atomic mass is 127. The van der Waals surface area contributed by atoms with Gasteiger partial charge in [0, 0.05) is 6.20 Å². The first-order valence-corrected chi connectivity index (χ1v) is 5.09. The minimum absolute atomic E-state index is 0.645. The largest absolute Gasteiger partial charge is 0.255 e. The first kappa shape index (κ1) is 9.48.